The van der Waals surface area contributed by atoms with Gasteiger partial charge in [-0.3, -0.25) is 10.0 Å². The molecule has 2 aliphatic heterocycles. The van der Waals surface area contributed by atoms with Crippen LogP contribution in [0.1, 0.15) is 19.3 Å². The molecule has 1 saturated heterocycles. The molecule has 2 heterocycles. The van der Waals surface area contributed by atoms with Gasteiger partial charge in [-0.1, -0.05) is 6.42 Å². The molecule has 0 saturated carbocycles. The number of hydrogen-bond donors (Lipinski definition) is 2. The third kappa shape index (κ3) is 2.59. The lowest BCUT2D eigenvalue weighted by Crippen LogP contribution is -2.49. The lowest BCUT2D eigenvalue weighted by Gasteiger charge is -2.33. The van der Waals surface area contributed by atoms with E-state index >= 15 is 0 Å². The number of carboxylic acid groups (broad SMARTS) is 1. The average Bonchev–Trinajstić information content (AvgIpc) is 2.57. The summed E-state index contributed by atoms with van der Waals surface area (Å²) in [6.45, 7) is 2.45. The molecular weight excluding hydrogens is 208 g/mol. The molecule has 2 aliphatic rings. The van der Waals surface area contributed by atoms with E-state index in [4.69, 9.17) is 5.11 Å². The Bertz CT molecular complexity index is 319. The maximum absolute atomic E-state index is 10.8. The van der Waals surface area contributed by atoms with Crippen LogP contribution in [-0.2, 0) is 4.79 Å². The quantitative estimate of drug-likeness (QED) is 0.701. The van der Waals surface area contributed by atoms with Crippen LogP contribution in [0, 0.1) is 0 Å². The molecule has 2 N–H and O–H groups in total. The predicted molar refractivity (Wildman–Crippen MR) is 59.5 cm³/mol. The summed E-state index contributed by atoms with van der Waals surface area (Å²) < 4.78 is 0. The fraction of sp³-hybridized carbons (Fsp3) is 0.600. The number of aliphatic carboxylic acids is 1. The zero-order chi connectivity index (χ0) is 11.4. The Morgan fingerprint density at radius 3 is 3.12 bits per heavy atom. The van der Waals surface area contributed by atoms with Crippen molar-refractivity contribution in [3.8, 4) is 0 Å². The second kappa shape index (κ2) is 5.09. The van der Waals surface area contributed by atoms with E-state index in [1.807, 2.05) is 10.1 Å². The van der Waals surface area contributed by atoms with Gasteiger partial charge in [0.15, 0.2) is 5.70 Å². The molecule has 0 unspecified atom stereocenters. The number of carboxylic acids is 1. The van der Waals surface area contributed by atoms with Crippen molar-refractivity contribution < 1.29 is 9.90 Å². The van der Waals surface area contributed by atoms with Crippen molar-refractivity contribution in [1.29, 1.82) is 0 Å². The van der Waals surface area contributed by atoms with Gasteiger partial charge in [-0.05, 0) is 12.8 Å². The molecule has 0 aromatic carbocycles. The molecule has 2 rings (SSSR count). The first-order valence-corrected chi connectivity index (χ1v) is 5.52. The summed E-state index contributed by atoms with van der Waals surface area (Å²) in [7, 11) is 0. The van der Waals surface area contributed by atoms with Crippen LogP contribution in [0.25, 0.3) is 0 Å². The number of carbonyl (C=O) groups is 1. The molecule has 0 radical (unpaired) electrons. The van der Waals surface area contributed by atoms with Gasteiger partial charge in [-0.25, -0.2) is 10.2 Å². The number of aliphatic imine (C=N–C) groups is 1. The molecule has 0 bridgehead atoms. The number of rotatable bonds is 2. The first kappa shape index (κ1) is 11.1. The molecular formula is C10H16N4O2. The van der Waals surface area contributed by atoms with Crippen molar-refractivity contribution in [2.24, 2.45) is 4.99 Å². The third-order valence-electron chi connectivity index (χ3n) is 2.64. The maximum Gasteiger partial charge on any atom is 0.356 e. The highest BCUT2D eigenvalue weighted by Gasteiger charge is 2.18. The van der Waals surface area contributed by atoms with Crippen molar-refractivity contribution in [2.45, 2.75) is 19.3 Å². The van der Waals surface area contributed by atoms with Gasteiger partial charge in [0, 0.05) is 19.3 Å². The molecule has 6 heteroatoms. The minimum Gasteiger partial charge on any atom is -0.476 e. The number of nitrogens with one attached hydrogen (secondary N) is 1. The molecule has 0 spiro atoms. The molecule has 1 fully saturated rings. The smallest absolute Gasteiger partial charge is 0.356 e. The van der Waals surface area contributed by atoms with Gasteiger partial charge in [0.2, 0.25) is 0 Å². The Kier molecular flexibility index (Phi) is 3.53. The average molecular weight is 224 g/mol. The van der Waals surface area contributed by atoms with E-state index in [0.29, 0.717) is 6.54 Å². The zero-order valence-corrected chi connectivity index (χ0v) is 9.09. The second-order valence-electron chi connectivity index (χ2n) is 3.85. The Labute approximate surface area is 94.2 Å². The summed E-state index contributed by atoms with van der Waals surface area (Å²) >= 11 is 0. The van der Waals surface area contributed by atoms with Crippen LogP contribution < -0.4 is 5.43 Å². The molecule has 0 aromatic heterocycles. The van der Waals surface area contributed by atoms with Crippen molar-refractivity contribution in [3.05, 3.63) is 11.9 Å². The number of nitrogens with zero attached hydrogens (tertiary/aromatic N) is 3. The highest BCUT2D eigenvalue weighted by Crippen LogP contribution is 2.10. The van der Waals surface area contributed by atoms with E-state index in [1.54, 1.807) is 12.4 Å². The largest absolute Gasteiger partial charge is 0.476 e. The first-order valence-electron chi connectivity index (χ1n) is 5.52. The Balaban J connectivity index is 2.03. The Morgan fingerprint density at radius 1 is 1.44 bits per heavy atom. The van der Waals surface area contributed by atoms with Gasteiger partial charge >= 0.3 is 5.97 Å². The van der Waals surface area contributed by atoms with Crippen molar-refractivity contribution in [1.82, 2.24) is 15.6 Å². The third-order valence-corrected chi connectivity index (χ3v) is 2.64. The van der Waals surface area contributed by atoms with E-state index < -0.39 is 5.97 Å². The monoisotopic (exact) mass is 224 g/mol. The van der Waals surface area contributed by atoms with Crippen LogP contribution in [0.4, 0.5) is 0 Å². The summed E-state index contributed by atoms with van der Waals surface area (Å²) in [5.41, 5.74) is 3.35. The summed E-state index contributed by atoms with van der Waals surface area (Å²) in [6.07, 6.45) is 6.68. The molecule has 16 heavy (non-hydrogen) atoms. The molecule has 0 aliphatic carbocycles. The van der Waals surface area contributed by atoms with Crippen molar-refractivity contribution in [2.75, 3.05) is 19.6 Å². The lowest BCUT2D eigenvalue weighted by molar-refractivity contribution is -0.133. The highest BCUT2D eigenvalue weighted by atomic mass is 16.4. The standard InChI is InChI=1S/C10H16N4O2/c15-10(16)9-8-13(7-5-11-9)14-6-3-1-2-4-12-14/h5,8,12H,1-4,6-7H2,(H,15,16). The molecule has 88 valence electrons. The van der Waals surface area contributed by atoms with Crippen LogP contribution in [0.2, 0.25) is 0 Å². The van der Waals surface area contributed by atoms with E-state index in [2.05, 4.69) is 10.4 Å². The van der Waals surface area contributed by atoms with Crippen LogP contribution in [0.3, 0.4) is 0 Å². The zero-order valence-electron chi connectivity index (χ0n) is 9.09. The van der Waals surface area contributed by atoms with E-state index in [1.165, 1.54) is 6.42 Å². The maximum atomic E-state index is 10.8. The first-order chi connectivity index (χ1) is 7.77. The highest BCUT2D eigenvalue weighted by molar-refractivity contribution is 5.88. The summed E-state index contributed by atoms with van der Waals surface area (Å²) in [5, 5.41) is 12.7. The molecule has 0 atom stereocenters. The van der Waals surface area contributed by atoms with Crippen LogP contribution in [0.5, 0.6) is 0 Å². The van der Waals surface area contributed by atoms with Gasteiger partial charge in [0.1, 0.15) is 0 Å². The molecule has 0 amide bonds. The minimum atomic E-state index is -0.990. The number of hydrogen-bond acceptors (Lipinski definition) is 5. The lowest BCUT2D eigenvalue weighted by atomic mass is 10.2. The summed E-state index contributed by atoms with van der Waals surface area (Å²) in [4.78, 5) is 14.6. The Morgan fingerprint density at radius 2 is 2.31 bits per heavy atom. The van der Waals surface area contributed by atoms with E-state index in [0.717, 1.165) is 25.9 Å². The van der Waals surface area contributed by atoms with Crippen molar-refractivity contribution in [3.63, 3.8) is 0 Å². The number of hydrazine groups is 2. The van der Waals surface area contributed by atoms with E-state index in [-0.39, 0.29) is 5.70 Å². The van der Waals surface area contributed by atoms with Crippen LogP contribution in [0.15, 0.2) is 16.9 Å². The summed E-state index contributed by atoms with van der Waals surface area (Å²) in [6, 6.07) is 0. The van der Waals surface area contributed by atoms with Gasteiger partial charge in [0.05, 0.1) is 12.7 Å². The summed E-state index contributed by atoms with van der Waals surface area (Å²) in [5.74, 6) is -0.990. The van der Waals surface area contributed by atoms with Gasteiger partial charge in [-0.15, -0.1) is 0 Å². The molecule has 6 nitrogen and oxygen atoms in total. The van der Waals surface area contributed by atoms with Crippen LogP contribution in [-0.4, -0.2) is 47.1 Å². The van der Waals surface area contributed by atoms with Gasteiger partial charge < -0.3 is 5.11 Å². The predicted octanol–water partition coefficient (Wildman–Crippen LogP) is 0.204. The van der Waals surface area contributed by atoms with Crippen molar-refractivity contribution >= 4 is 12.2 Å². The SMILES string of the molecule is O=C(O)C1=CN(N2CCCCCN2)CC=N1. The van der Waals surface area contributed by atoms with E-state index in [9.17, 15) is 4.79 Å². The van der Waals surface area contributed by atoms with Gasteiger partial charge in [-0.2, -0.15) is 5.12 Å². The Hall–Kier alpha value is -1.40. The fourth-order valence-corrected chi connectivity index (χ4v) is 1.80. The van der Waals surface area contributed by atoms with Crippen LogP contribution >= 0.6 is 0 Å². The normalized spacial score (nSPS) is 22.8. The second-order valence-corrected chi connectivity index (χ2v) is 3.85. The topological polar surface area (TPSA) is 68.2 Å². The van der Waals surface area contributed by atoms with Gasteiger partial charge in [0.25, 0.3) is 0 Å². The fourth-order valence-electron chi connectivity index (χ4n) is 1.80. The molecule has 0 aromatic rings. The minimum absolute atomic E-state index is 0.0808.